The van der Waals surface area contributed by atoms with Crippen molar-refractivity contribution in [1.82, 2.24) is 0 Å². The van der Waals surface area contributed by atoms with E-state index < -0.39 is 0 Å². The minimum Gasteiger partial charge on any atom is -0.396 e. The zero-order chi connectivity index (χ0) is 9.23. The molecule has 0 atom stereocenters. The highest BCUT2D eigenvalue weighted by Gasteiger charge is 1.97. The van der Waals surface area contributed by atoms with Gasteiger partial charge in [-0.2, -0.15) is 0 Å². The van der Waals surface area contributed by atoms with E-state index in [2.05, 4.69) is 15.9 Å². The lowest BCUT2D eigenvalue weighted by Crippen LogP contribution is -1.97. The zero-order valence-corrected chi connectivity index (χ0v) is 8.98. The highest BCUT2D eigenvalue weighted by Crippen LogP contribution is 2.05. The molecule has 2 nitrogen and oxygen atoms in total. The topological polar surface area (TPSA) is 37.3 Å². The highest BCUT2D eigenvalue weighted by atomic mass is 79.9. The first-order valence-corrected chi connectivity index (χ1v) is 5.62. The second-order valence-electron chi connectivity index (χ2n) is 2.91. The molecule has 0 bridgehead atoms. The number of unbranched alkanes of at least 4 members (excludes halogenated alkanes) is 4. The summed E-state index contributed by atoms with van der Waals surface area (Å²) in [6.07, 6.45) is 5.92. The molecule has 12 heavy (non-hydrogen) atoms. The van der Waals surface area contributed by atoms with Gasteiger partial charge in [-0.3, -0.25) is 4.79 Å². The summed E-state index contributed by atoms with van der Waals surface area (Å²) in [7, 11) is 0. The smallest absolute Gasteiger partial charge is 0.143 e. The van der Waals surface area contributed by atoms with Gasteiger partial charge < -0.3 is 5.11 Å². The number of Topliss-reactive ketones (excluding diaryl/α,β-unsaturated/α-hetero) is 1. The molecule has 0 aliphatic carbocycles. The largest absolute Gasteiger partial charge is 0.396 e. The van der Waals surface area contributed by atoms with Gasteiger partial charge in [0, 0.05) is 13.0 Å². The van der Waals surface area contributed by atoms with Crippen LogP contribution in [0.15, 0.2) is 0 Å². The third kappa shape index (κ3) is 8.21. The molecule has 0 aromatic rings. The van der Waals surface area contributed by atoms with Crippen LogP contribution in [-0.4, -0.2) is 22.8 Å². The minimum atomic E-state index is 0.289. The molecule has 0 aliphatic heterocycles. The summed E-state index contributed by atoms with van der Waals surface area (Å²) in [4.78, 5) is 10.8. The number of aliphatic hydroxyl groups is 1. The number of hydrogen-bond donors (Lipinski definition) is 1. The summed E-state index contributed by atoms with van der Waals surface area (Å²) in [5.41, 5.74) is 0. The number of ketones is 1. The molecule has 0 saturated carbocycles. The minimum absolute atomic E-state index is 0.289. The molecular formula is C9H17BrO2. The number of carbonyl (C=O) groups excluding carboxylic acids is 1. The van der Waals surface area contributed by atoms with E-state index in [0.717, 1.165) is 32.1 Å². The fourth-order valence-electron chi connectivity index (χ4n) is 1.03. The fourth-order valence-corrected chi connectivity index (χ4v) is 1.31. The first kappa shape index (κ1) is 12.1. The Balaban J connectivity index is 2.95. The van der Waals surface area contributed by atoms with E-state index in [1.807, 2.05) is 0 Å². The summed E-state index contributed by atoms with van der Waals surface area (Å²) >= 11 is 3.13. The predicted octanol–water partition coefficient (Wildman–Crippen LogP) is 2.28. The van der Waals surface area contributed by atoms with Gasteiger partial charge in [0.25, 0.3) is 0 Å². The molecule has 0 aromatic carbocycles. The van der Waals surface area contributed by atoms with Crippen molar-refractivity contribution in [3.05, 3.63) is 0 Å². The van der Waals surface area contributed by atoms with Gasteiger partial charge in [0.2, 0.25) is 0 Å². The molecule has 72 valence electrons. The lowest BCUT2D eigenvalue weighted by molar-refractivity contribution is -0.116. The number of rotatable bonds is 8. The van der Waals surface area contributed by atoms with Crippen molar-refractivity contribution in [2.75, 3.05) is 11.9 Å². The SMILES string of the molecule is O=C(CBr)CCCCCCCO. The summed E-state index contributed by atoms with van der Waals surface area (Å²) in [5, 5.41) is 8.98. The van der Waals surface area contributed by atoms with Gasteiger partial charge in [-0.05, 0) is 12.8 Å². The van der Waals surface area contributed by atoms with Gasteiger partial charge in [0.15, 0.2) is 0 Å². The van der Waals surface area contributed by atoms with E-state index in [-0.39, 0.29) is 5.78 Å². The Bertz CT molecular complexity index is 115. The molecule has 0 spiro atoms. The van der Waals surface area contributed by atoms with Crippen LogP contribution in [0.3, 0.4) is 0 Å². The Morgan fingerprint density at radius 1 is 1.08 bits per heavy atom. The average Bonchev–Trinajstić information content (AvgIpc) is 2.10. The summed E-state index contributed by atoms with van der Waals surface area (Å²) in [6, 6.07) is 0. The van der Waals surface area contributed by atoms with Gasteiger partial charge in [0.05, 0.1) is 5.33 Å². The van der Waals surface area contributed by atoms with Crippen LogP contribution in [-0.2, 0) is 4.79 Å². The molecule has 1 N–H and O–H groups in total. The summed E-state index contributed by atoms with van der Waals surface area (Å²) in [6.45, 7) is 0.292. The van der Waals surface area contributed by atoms with E-state index in [0.29, 0.717) is 18.4 Å². The third-order valence-electron chi connectivity index (χ3n) is 1.76. The lowest BCUT2D eigenvalue weighted by Gasteiger charge is -1.98. The van der Waals surface area contributed by atoms with Crippen molar-refractivity contribution in [3.8, 4) is 0 Å². The zero-order valence-electron chi connectivity index (χ0n) is 7.39. The Morgan fingerprint density at radius 3 is 2.25 bits per heavy atom. The Labute approximate surface area is 82.5 Å². The monoisotopic (exact) mass is 236 g/mol. The molecule has 0 unspecified atom stereocenters. The van der Waals surface area contributed by atoms with E-state index >= 15 is 0 Å². The van der Waals surface area contributed by atoms with Crippen LogP contribution in [0, 0.1) is 0 Å². The molecule has 0 amide bonds. The maximum Gasteiger partial charge on any atom is 0.143 e. The Morgan fingerprint density at radius 2 is 1.67 bits per heavy atom. The Hall–Kier alpha value is 0.110. The number of halogens is 1. The first-order chi connectivity index (χ1) is 5.81. The van der Waals surface area contributed by atoms with Gasteiger partial charge in [0.1, 0.15) is 5.78 Å². The normalized spacial score (nSPS) is 10.2. The van der Waals surface area contributed by atoms with Crippen LogP contribution >= 0.6 is 15.9 Å². The molecule has 0 fully saturated rings. The predicted molar refractivity (Wildman–Crippen MR) is 53.6 cm³/mol. The molecule has 0 radical (unpaired) electrons. The van der Waals surface area contributed by atoms with Crippen molar-refractivity contribution in [3.63, 3.8) is 0 Å². The molecule has 0 rings (SSSR count). The number of alkyl halides is 1. The second kappa shape index (κ2) is 9.20. The Kier molecular flexibility index (Phi) is 9.28. The van der Waals surface area contributed by atoms with Crippen LogP contribution in [0.2, 0.25) is 0 Å². The number of carbonyl (C=O) groups is 1. The number of aliphatic hydroxyl groups excluding tert-OH is 1. The summed E-state index contributed by atoms with van der Waals surface area (Å²) < 4.78 is 0. The van der Waals surface area contributed by atoms with Crippen molar-refractivity contribution >= 4 is 21.7 Å². The molecule has 0 aromatic heterocycles. The standard InChI is InChI=1S/C9H17BrO2/c10-8-9(12)6-4-2-1-3-5-7-11/h11H,1-8H2. The van der Waals surface area contributed by atoms with Crippen molar-refractivity contribution in [2.45, 2.75) is 38.5 Å². The van der Waals surface area contributed by atoms with Crippen LogP contribution in [0.25, 0.3) is 0 Å². The van der Waals surface area contributed by atoms with Crippen LogP contribution in [0.4, 0.5) is 0 Å². The van der Waals surface area contributed by atoms with E-state index in [9.17, 15) is 4.79 Å². The van der Waals surface area contributed by atoms with E-state index in [4.69, 9.17) is 5.11 Å². The quantitative estimate of drug-likeness (QED) is 0.519. The van der Waals surface area contributed by atoms with Gasteiger partial charge >= 0.3 is 0 Å². The van der Waals surface area contributed by atoms with E-state index in [1.165, 1.54) is 0 Å². The lowest BCUT2D eigenvalue weighted by atomic mass is 10.1. The molecule has 3 heteroatoms. The second-order valence-corrected chi connectivity index (χ2v) is 3.47. The molecule has 0 saturated heterocycles. The fraction of sp³-hybridized carbons (Fsp3) is 0.889. The molecule has 0 heterocycles. The van der Waals surface area contributed by atoms with Gasteiger partial charge in [-0.15, -0.1) is 0 Å². The average molecular weight is 237 g/mol. The first-order valence-electron chi connectivity index (χ1n) is 4.49. The number of hydrogen-bond acceptors (Lipinski definition) is 2. The van der Waals surface area contributed by atoms with Gasteiger partial charge in [-0.25, -0.2) is 0 Å². The summed E-state index contributed by atoms with van der Waals surface area (Å²) in [5.74, 6) is 0.289. The van der Waals surface area contributed by atoms with Crippen LogP contribution in [0.1, 0.15) is 38.5 Å². The van der Waals surface area contributed by atoms with E-state index in [1.54, 1.807) is 0 Å². The van der Waals surface area contributed by atoms with Crippen LogP contribution < -0.4 is 0 Å². The van der Waals surface area contributed by atoms with Crippen molar-refractivity contribution in [2.24, 2.45) is 0 Å². The van der Waals surface area contributed by atoms with Gasteiger partial charge in [-0.1, -0.05) is 35.2 Å². The van der Waals surface area contributed by atoms with Crippen molar-refractivity contribution in [1.29, 1.82) is 0 Å². The van der Waals surface area contributed by atoms with Crippen LogP contribution in [0.5, 0.6) is 0 Å². The molecular weight excluding hydrogens is 220 g/mol. The maximum atomic E-state index is 10.8. The van der Waals surface area contributed by atoms with Crippen molar-refractivity contribution < 1.29 is 9.90 Å². The third-order valence-corrected chi connectivity index (χ3v) is 2.39. The maximum absolute atomic E-state index is 10.8. The molecule has 0 aliphatic rings. The highest BCUT2D eigenvalue weighted by molar-refractivity contribution is 9.09.